The second-order valence-electron chi connectivity index (χ2n) is 2.63. The van der Waals surface area contributed by atoms with Crippen LogP contribution in [0.3, 0.4) is 0 Å². The van der Waals surface area contributed by atoms with Crippen LogP contribution in [0.1, 0.15) is 23.7 Å². The van der Waals surface area contributed by atoms with Crippen molar-refractivity contribution in [1.82, 2.24) is 0 Å². The molecule has 1 aromatic carbocycles. The zero-order chi connectivity index (χ0) is 10.0. The van der Waals surface area contributed by atoms with Gasteiger partial charge in [-0.1, -0.05) is 30.1 Å². The van der Waals surface area contributed by atoms with Crippen molar-refractivity contribution in [3.63, 3.8) is 0 Å². The standard InChI is InChI=1S/C9H9Cl2NO/c1-2-8(13)5-3-6(10)9(12)7(11)4-5/h3-4H,2,12H2,1H3. The number of benzene rings is 1. The fourth-order valence-electron chi connectivity index (χ4n) is 0.949. The maximum atomic E-state index is 11.3. The molecule has 2 N–H and O–H groups in total. The molecule has 0 aliphatic rings. The lowest BCUT2D eigenvalue weighted by Gasteiger charge is -2.04. The number of carbonyl (C=O) groups is 1. The Bertz CT molecular complexity index is 326. The topological polar surface area (TPSA) is 43.1 Å². The van der Waals surface area contributed by atoms with Gasteiger partial charge in [0.2, 0.25) is 0 Å². The lowest BCUT2D eigenvalue weighted by molar-refractivity contribution is 0.0988. The molecule has 1 rings (SSSR count). The zero-order valence-electron chi connectivity index (χ0n) is 7.10. The Morgan fingerprint density at radius 3 is 2.23 bits per heavy atom. The average Bonchev–Trinajstić information content (AvgIpc) is 2.12. The van der Waals surface area contributed by atoms with Crippen molar-refractivity contribution in [1.29, 1.82) is 0 Å². The monoisotopic (exact) mass is 217 g/mol. The first kappa shape index (κ1) is 10.4. The van der Waals surface area contributed by atoms with Crippen LogP contribution in [-0.4, -0.2) is 5.78 Å². The van der Waals surface area contributed by atoms with E-state index in [0.29, 0.717) is 27.7 Å². The summed E-state index contributed by atoms with van der Waals surface area (Å²) >= 11 is 11.5. The van der Waals surface area contributed by atoms with Crippen LogP contribution in [0.25, 0.3) is 0 Å². The molecule has 13 heavy (non-hydrogen) atoms. The summed E-state index contributed by atoms with van der Waals surface area (Å²) in [6, 6.07) is 3.07. The highest BCUT2D eigenvalue weighted by atomic mass is 35.5. The Morgan fingerprint density at radius 2 is 1.85 bits per heavy atom. The normalized spacial score (nSPS) is 10.1. The van der Waals surface area contributed by atoms with Gasteiger partial charge in [-0.05, 0) is 12.1 Å². The molecule has 0 saturated heterocycles. The summed E-state index contributed by atoms with van der Waals surface area (Å²) in [5.74, 6) is 0.00352. The van der Waals surface area contributed by atoms with E-state index in [-0.39, 0.29) is 5.78 Å². The Balaban J connectivity index is 3.20. The van der Waals surface area contributed by atoms with Gasteiger partial charge in [0.05, 0.1) is 15.7 Å². The number of carbonyl (C=O) groups excluding carboxylic acids is 1. The summed E-state index contributed by atoms with van der Waals surface area (Å²) in [5.41, 5.74) is 6.34. The molecular weight excluding hydrogens is 209 g/mol. The summed E-state index contributed by atoms with van der Waals surface area (Å²) < 4.78 is 0. The van der Waals surface area contributed by atoms with Crippen molar-refractivity contribution in [3.8, 4) is 0 Å². The lowest BCUT2D eigenvalue weighted by atomic mass is 10.1. The molecule has 0 amide bonds. The Labute approximate surface area is 86.6 Å². The minimum absolute atomic E-state index is 0.00352. The largest absolute Gasteiger partial charge is 0.396 e. The number of anilines is 1. The molecule has 0 heterocycles. The third kappa shape index (κ3) is 2.14. The molecule has 0 unspecified atom stereocenters. The summed E-state index contributed by atoms with van der Waals surface area (Å²) in [7, 11) is 0. The quantitative estimate of drug-likeness (QED) is 0.611. The van der Waals surface area contributed by atoms with Gasteiger partial charge in [-0.3, -0.25) is 4.79 Å². The van der Waals surface area contributed by atoms with Gasteiger partial charge in [0.1, 0.15) is 0 Å². The van der Waals surface area contributed by atoms with Gasteiger partial charge >= 0.3 is 0 Å². The predicted octanol–water partition coefficient (Wildman–Crippen LogP) is 3.17. The van der Waals surface area contributed by atoms with E-state index in [1.807, 2.05) is 0 Å². The molecule has 0 aliphatic heterocycles. The third-order valence-corrected chi connectivity index (χ3v) is 2.35. The van der Waals surface area contributed by atoms with Crippen molar-refractivity contribution in [3.05, 3.63) is 27.7 Å². The van der Waals surface area contributed by atoms with E-state index in [9.17, 15) is 4.79 Å². The number of Topliss-reactive ketones (excluding diaryl/α,β-unsaturated/α-hetero) is 1. The highest BCUT2D eigenvalue weighted by molar-refractivity contribution is 6.39. The SMILES string of the molecule is CCC(=O)c1cc(Cl)c(N)c(Cl)c1. The molecule has 0 fully saturated rings. The van der Waals surface area contributed by atoms with E-state index in [4.69, 9.17) is 28.9 Å². The Morgan fingerprint density at radius 1 is 1.38 bits per heavy atom. The smallest absolute Gasteiger partial charge is 0.162 e. The predicted molar refractivity (Wildman–Crippen MR) is 55.5 cm³/mol. The summed E-state index contributed by atoms with van der Waals surface area (Å²) in [5, 5.41) is 0.647. The molecule has 0 spiro atoms. The van der Waals surface area contributed by atoms with Gasteiger partial charge < -0.3 is 5.73 Å². The van der Waals surface area contributed by atoms with E-state index >= 15 is 0 Å². The van der Waals surface area contributed by atoms with Gasteiger partial charge in [-0.25, -0.2) is 0 Å². The first-order valence-electron chi connectivity index (χ1n) is 3.84. The first-order chi connectivity index (χ1) is 6.06. The molecule has 0 aromatic heterocycles. The van der Waals surface area contributed by atoms with Crippen LogP contribution in [-0.2, 0) is 0 Å². The van der Waals surface area contributed by atoms with E-state index in [0.717, 1.165) is 0 Å². The number of hydrogen-bond donors (Lipinski definition) is 1. The fraction of sp³-hybridized carbons (Fsp3) is 0.222. The zero-order valence-corrected chi connectivity index (χ0v) is 8.62. The molecular formula is C9H9Cl2NO. The molecule has 0 atom stereocenters. The second-order valence-corrected chi connectivity index (χ2v) is 3.44. The Kier molecular flexibility index (Phi) is 3.17. The van der Waals surface area contributed by atoms with Crippen molar-refractivity contribution in [2.24, 2.45) is 0 Å². The third-order valence-electron chi connectivity index (χ3n) is 1.72. The molecule has 2 nitrogen and oxygen atoms in total. The molecule has 0 radical (unpaired) electrons. The average molecular weight is 218 g/mol. The summed E-state index contributed by atoms with van der Waals surface area (Å²) in [4.78, 5) is 11.3. The van der Waals surface area contributed by atoms with Crippen molar-refractivity contribution in [2.45, 2.75) is 13.3 Å². The van der Waals surface area contributed by atoms with E-state index in [2.05, 4.69) is 0 Å². The van der Waals surface area contributed by atoms with Gasteiger partial charge in [0.15, 0.2) is 5.78 Å². The first-order valence-corrected chi connectivity index (χ1v) is 4.59. The minimum atomic E-state index is 0.00352. The molecule has 4 heteroatoms. The van der Waals surface area contributed by atoms with Crippen LogP contribution in [0.2, 0.25) is 10.0 Å². The van der Waals surface area contributed by atoms with Crippen molar-refractivity contribution >= 4 is 34.7 Å². The molecule has 0 bridgehead atoms. The minimum Gasteiger partial charge on any atom is -0.396 e. The fourth-order valence-corrected chi connectivity index (χ4v) is 1.44. The van der Waals surface area contributed by atoms with Crippen LogP contribution < -0.4 is 5.73 Å². The van der Waals surface area contributed by atoms with Crippen LogP contribution in [0.15, 0.2) is 12.1 Å². The molecule has 1 aromatic rings. The van der Waals surface area contributed by atoms with Crippen molar-refractivity contribution in [2.75, 3.05) is 5.73 Å². The Hall–Kier alpha value is -0.730. The number of rotatable bonds is 2. The summed E-state index contributed by atoms with van der Waals surface area (Å²) in [6.07, 6.45) is 0.427. The van der Waals surface area contributed by atoms with Gasteiger partial charge in [0, 0.05) is 12.0 Å². The molecule has 70 valence electrons. The number of nitrogens with two attached hydrogens (primary N) is 1. The number of hydrogen-bond acceptors (Lipinski definition) is 2. The van der Waals surface area contributed by atoms with Crippen LogP contribution in [0, 0.1) is 0 Å². The van der Waals surface area contributed by atoms with E-state index in [1.54, 1.807) is 6.92 Å². The number of nitrogen functional groups attached to an aromatic ring is 1. The second kappa shape index (κ2) is 3.99. The van der Waals surface area contributed by atoms with E-state index < -0.39 is 0 Å². The molecule has 0 saturated carbocycles. The van der Waals surface area contributed by atoms with Gasteiger partial charge in [-0.15, -0.1) is 0 Å². The highest BCUT2D eigenvalue weighted by Gasteiger charge is 2.09. The van der Waals surface area contributed by atoms with Crippen molar-refractivity contribution < 1.29 is 4.79 Å². The van der Waals surface area contributed by atoms with Gasteiger partial charge in [-0.2, -0.15) is 0 Å². The maximum Gasteiger partial charge on any atom is 0.162 e. The number of halogens is 2. The molecule has 0 aliphatic carbocycles. The van der Waals surface area contributed by atoms with Crippen LogP contribution in [0.4, 0.5) is 5.69 Å². The summed E-state index contributed by atoms with van der Waals surface area (Å²) in [6.45, 7) is 1.78. The maximum absolute atomic E-state index is 11.3. The van der Waals surface area contributed by atoms with Crippen LogP contribution in [0.5, 0.6) is 0 Å². The van der Waals surface area contributed by atoms with Gasteiger partial charge in [0.25, 0.3) is 0 Å². The highest BCUT2D eigenvalue weighted by Crippen LogP contribution is 2.29. The van der Waals surface area contributed by atoms with Crippen LogP contribution >= 0.6 is 23.2 Å². The lowest BCUT2D eigenvalue weighted by Crippen LogP contribution is -1.98. The van der Waals surface area contributed by atoms with E-state index in [1.165, 1.54) is 12.1 Å². The number of ketones is 1.